The van der Waals surface area contributed by atoms with Crippen LogP contribution in [-0.2, 0) is 4.79 Å². The molecule has 0 aliphatic carbocycles. The van der Waals surface area contributed by atoms with Crippen LogP contribution in [0.1, 0.15) is 6.42 Å². The van der Waals surface area contributed by atoms with E-state index in [0.717, 1.165) is 21.5 Å². The van der Waals surface area contributed by atoms with E-state index in [2.05, 4.69) is 11.3 Å². The summed E-state index contributed by atoms with van der Waals surface area (Å²) in [7, 11) is -3.14. The van der Waals surface area contributed by atoms with Gasteiger partial charge in [0.05, 0.1) is 12.0 Å². The molecular weight excluding hydrogens is 398 g/mol. The van der Waals surface area contributed by atoms with E-state index in [1.807, 2.05) is 29.2 Å². The molecular formula is C20H20FN2O3PS. The highest BCUT2D eigenvalue weighted by atomic mass is 32.2. The average molecular weight is 418 g/mol. The van der Waals surface area contributed by atoms with Gasteiger partial charge in [0.2, 0.25) is 0 Å². The number of anilines is 1. The van der Waals surface area contributed by atoms with Crippen LogP contribution in [0.3, 0.4) is 0 Å². The second-order valence-corrected chi connectivity index (χ2v) is 10.5. The minimum absolute atomic E-state index is 0.107. The largest absolute Gasteiger partial charge is 0.364 e. The van der Waals surface area contributed by atoms with Crippen LogP contribution in [0.2, 0.25) is 0 Å². The van der Waals surface area contributed by atoms with Crippen LogP contribution in [0.15, 0.2) is 47.5 Å². The minimum Gasteiger partial charge on any atom is -0.364 e. The van der Waals surface area contributed by atoms with Gasteiger partial charge in [-0.15, -0.1) is 11.8 Å². The van der Waals surface area contributed by atoms with Crippen molar-refractivity contribution in [1.29, 1.82) is 0 Å². The number of rotatable bonds is 5. The number of carbonyl (C=O) groups is 1. The average Bonchev–Trinajstić information content (AvgIpc) is 3.25. The van der Waals surface area contributed by atoms with E-state index in [0.29, 0.717) is 30.6 Å². The maximum atomic E-state index is 14.7. The van der Waals surface area contributed by atoms with Gasteiger partial charge in [-0.1, -0.05) is 18.4 Å². The SMILES string of the molecule is C=P(O)(O)CSc1c[nH]c2cc(F)c(-c3ccc(N4CCC(=O)C4)cc3)cc12. The van der Waals surface area contributed by atoms with E-state index >= 15 is 0 Å². The van der Waals surface area contributed by atoms with Gasteiger partial charge in [0.15, 0.2) is 5.78 Å². The number of hydrogen-bond donors (Lipinski definition) is 3. The monoisotopic (exact) mass is 418 g/mol. The van der Waals surface area contributed by atoms with Crippen LogP contribution in [0.25, 0.3) is 22.0 Å². The van der Waals surface area contributed by atoms with E-state index in [1.165, 1.54) is 17.8 Å². The zero-order valence-corrected chi connectivity index (χ0v) is 16.8. The molecule has 0 unspecified atom stereocenters. The van der Waals surface area contributed by atoms with Crippen LogP contribution >= 0.6 is 19.1 Å². The molecule has 5 nitrogen and oxygen atoms in total. The van der Waals surface area contributed by atoms with Gasteiger partial charge in [-0.05, 0) is 29.8 Å². The number of nitrogens with one attached hydrogen (secondary N) is 1. The molecule has 3 N–H and O–H groups in total. The number of hydrogen-bond acceptors (Lipinski definition) is 5. The van der Waals surface area contributed by atoms with Gasteiger partial charge in [-0.3, -0.25) is 4.79 Å². The van der Waals surface area contributed by atoms with E-state index in [-0.39, 0.29) is 17.1 Å². The fourth-order valence-corrected chi connectivity index (χ4v) is 5.18. The zero-order valence-electron chi connectivity index (χ0n) is 15.1. The van der Waals surface area contributed by atoms with Gasteiger partial charge in [0.25, 0.3) is 0 Å². The van der Waals surface area contributed by atoms with Gasteiger partial charge in [-0.2, -0.15) is 0 Å². The smallest absolute Gasteiger partial charge is 0.153 e. The van der Waals surface area contributed by atoms with Crippen molar-refractivity contribution in [2.24, 2.45) is 0 Å². The number of aromatic nitrogens is 1. The number of benzene rings is 2. The zero-order chi connectivity index (χ0) is 19.9. The molecule has 0 bridgehead atoms. The van der Waals surface area contributed by atoms with Crippen molar-refractivity contribution in [3.05, 3.63) is 48.4 Å². The molecule has 0 amide bonds. The van der Waals surface area contributed by atoms with Gasteiger partial charge < -0.3 is 19.7 Å². The number of aromatic amines is 1. The first-order valence-electron chi connectivity index (χ1n) is 8.78. The van der Waals surface area contributed by atoms with E-state index in [4.69, 9.17) is 0 Å². The van der Waals surface area contributed by atoms with Crippen LogP contribution in [0.5, 0.6) is 0 Å². The summed E-state index contributed by atoms with van der Waals surface area (Å²) in [6.45, 7) is 1.14. The third kappa shape index (κ3) is 4.03. The Morgan fingerprint density at radius 3 is 2.64 bits per heavy atom. The molecule has 8 heteroatoms. The van der Waals surface area contributed by atoms with Crippen LogP contribution in [0, 0.1) is 5.82 Å². The van der Waals surface area contributed by atoms with Gasteiger partial charge in [0, 0.05) is 46.2 Å². The standard InChI is InChI=1S/C20H20FN2O3PS/c1-27(25,26)12-28-20-10-22-19-9-18(21)16(8-17(19)20)13-2-4-14(5-3-13)23-7-6-15(24)11-23/h2-5,8-10,22,25-26H,1,6-7,11-12H2. The molecule has 4 rings (SSSR count). The van der Waals surface area contributed by atoms with Crippen molar-refractivity contribution in [2.75, 3.05) is 23.5 Å². The fourth-order valence-electron chi connectivity index (χ4n) is 3.33. The lowest BCUT2D eigenvalue weighted by Gasteiger charge is -2.17. The van der Waals surface area contributed by atoms with Crippen LogP contribution in [-0.4, -0.2) is 45.4 Å². The number of fused-ring (bicyclic) bond motifs is 1. The summed E-state index contributed by atoms with van der Waals surface area (Å²) in [4.78, 5) is 36.4. The Labute approximate surface area is 166 Å². The third-order valence-corrected chi connectivity index (χ3v) is 7.55. The Hall–Kier alpha value is -2.05. The van der Waals surface area contributed by atoms with Crippen LogP contribution < -0.4 is 4.90 Å². The van der Waals surface area contributed by atoms with Crippen molar-refractivity contribution in [2.45, 2.75) is 11.3 Å². The van der Waals surface area contributed by atoms with Gasteiger partial charge in [-0.25, -0.2) is 4.39 Å². The first kappa shape index (κ1) is 19.3. The summed E-state index contributed by atoms with van der Waals surface area (Å²) in [5, 5.41) is 0.823. The number of H-pyrrole nitrogens is 1. The second kappa shape index (κ2) is 7.41. The molecule has 2 aromatic carbocycles. The van der Waals surface area contributed by atoms with Crippen molar-refractivity contribution >= 4 is 47.8 Å². The van der Waals surface area contributed by atoms with E-state index in [9.17, 15) is 19.0 Å². The Morgan fingerprint density at radius 1 is 1.25 bits per heavy atom. The molecule has 1 aliphatic heterocycles. The summed E-state index contributed by atoms with van der Waals surface area (Å²) in [5.74, 6) is -0.101. The molecule has 1 saturated heterocycles. The van der Waals surface area contributed by atoms with Crippen molar-refractivity contribution in [1.82, 2.24) is 4.98 Å². The summed E-state index contributed by atoms with van der Waals surface area (Å²) >= 11 is 1.29. The summed E-state index contributed by atoms with van der Waals surface area (Å²) in [5.41, 5.74) is 2.93. The number of nitrogens with zero attached hydrogens (tertiary/aromatic N) is 1. The maximum absolute atomic E-state index is 14.7. The molecule has 0 spiro atoms. The first-order chi connectivity index (χ1) is 13.3. The highest BCUT2D eigenvalue weighted by Gasteiger charge is 2.20. The molecule has 0 radical (unpaired) electrons. The summed E-state index contributed by atoms with van der Waals surface area (Å²) < 4.78 is 14.7. The Kier molecular flexibility index (Phi) is 5.10. The highest BCUT2D eigenvalue weighted by molar-refractivity contribution is 8.05. The molecule has 1 aliphatic rings. The Bertz CT molecular complexity index is 1090. The molecule has 3 aromatic rings. The topological polar surface area (TPSA) is 76.6 Å². The Balaban J connectivity index is 1.65. The molecule has 0 atom stereocenters. The van der Waals surface area contributed by atoms with Gasteiger partial charge >= 0.3 is 0 Å². The van der Waals surface area contributed by atoms with E-state index < -0.39 is 7.34 Å². The molecule has 146 valence electrons. The number of Topliss-reactive ketones (excluding diaryl/α,β-unsaturated/α-hetero) is 1. The quantitative estimate of drug-likeness (QED) is 0.430. The summed E-state index contributed by atoms with van der Waals surface area (Å²) in [6.07, 6.45) is 5.69. The lowest BCUT2D eigenvalue weighted by Crippen LogP contribution is -2.19. The number of thioether (sulfide) groups is 1. The molecule has 28 heavy (non-hydrogen) atoms. The number of halogens is 1. The summed E-state index contributed by atoms with van der Waals surface area (Å²) in [6, 6.07) is 10.8. The first-order valence-corrected chi connectivity index (χ1v) is 11.8. The van der Waals surface area contributed by atoms with E-state index in [1.54, 1.807) is 12.3 Å². The Morgan fingerprint density at radius 2 is 2.00 bits per heavy atom. The normalized spacial score (nSPS) is 15.0. The fraction of sp³-hybridized carbons (Fsp3) is 0.200. The van der Waals surface area contributed by atoms with Crippen molar-refractivity contribution < 1.29 is 19.0 Å². The lowest BCUT2D eigenvalue weighted by atomic mass is 10.0. The lowest BCUT2D eigenvalue weighted by molar-refractivity contribution is -0.116. The molecule has 1 fully saturated rings. The van der Waals surface area contributed by atoms with Crippen LogP contribution in [0.4, 0.5) is 10.1 Å². The predicted octanol–water partition coefficient (Wildman–Crippen LogP) is 4.07. The molecule has 2 heterocycles. The predicted molar refractivity (Wildman–Crippen MR) is 115 cm³/mol. The third-order valence-electron chi connectivity index (χ3n) is 4.73. The number of carbonyl (C=O) groups excluding carboxylic acids is 1. The van der Waals surface area contributed by atoms with Crippen molar-refractivity contribution in [3.8, 4) is 11.1 Å². The van der Waals surface area contributed by atoms with Crippen molar-refractivity contribution in [3.63, 3.8) is 0 Å². The van der Waals surface area contributed by atoms with Gasteiger partial charge in [0.1, 0.15) is 13.2 Å². The second-order valence-electron chi connectivity index (χ2n) is 6.94. The maximum Gasteiger partial charge on any atom is 0.153 e. The molecule has 0 saturated carbocycles. The highest BCUT2D eigenvalue weighted by Crippen LogP contribution is 2.43. The molecule has 1 aromatic heterocycles. The number of ketones is 1. The minimum atomic E-state index is -3.14.